The topological polar surface area (TPSA) is 0 Å². The summed E-state index contributed by atoms with van der Waals surface area (Å²) in [7, 11) is 0. The summed E-state index contributed by atoms with van der Waals surface area (Å²) in [6.45, 7) is 4.21. The first-order chi connectivity index (χ1) is 16.2. The van der Waals surface area contributed by atoms with Crippen LogP contribution >= 0.6 is 0 Å². The molecule has 1 aliphatic carbocycles. The standard InChI is InChI=1S/C32H39F/c1-3-5-6-8-24-9-11-25(12-10-24)13-14-26-15-17-27(18-16-26)29-21-22-31-30(23-29)20-19-28(7-4-2)32(31)33/h3,5,15-25H,4,6-14H2,1-2H3/b5-3+. The van der Waals surface area contributed by atoms with E-state index in [4.69, 9.17) is 0 Å². The highest BCUT2D eigenvalue weighted by atomic mass is 19.1. The molecule has 1 heteroatoms. The monoisotopic (exact) mass is 442 g/mol. The van der Waals surface area contributed by atoms with Gasteiger partial charge in [0.2, 0.25) is 0 Å². The van der Waals surface area contributed by atoms with Gasteiger partial charge in [-0.2, -0.15) is 0 Å². The first-order valence-corrected chi connectivity index (χ1v) is 13.1. The van der Waals surface area contributed by atoms with Crippen LogP contribution < -0.4 is 0 Å². The van der Waals surface area contributed by atoms with Crippen molar-refractivity contribution < 1.29 is 4.39 Å². The molecule has 0 aliphatic heterocycles. The third-order valence-electron chi connectivity index (χ3n) is 7.63. The average molecular weight is 443 g/mol. The molecule has 0 amide bonds. The van der Waals surface area contributed by atoms with Crippen LogP contribution in [0.4, 0.5) is 4.39 Å². The van der Waals surface area contributed by atoms with Crippen molar-refractivity contribution in [3.05, 3.63) is 83.7 Å². The molecule has 0 saturated heterocycles. The summed E-state index contributed by atoms with van der Waals surface area (Å²) in [4.78, 5) is 0. The fraction of sp³-hybridized carbons (Fsp3) is 0.438. The molecular weight excluding hydrogens is 403 g/mol. The Morgan fingerprint density at radius 3 is 2.21 bits per heavy atom. The molecule has 0 nitrogen and oxygen atoms in total. The zero-order chi connectivity index (χ0) is 23.0. The second-order valence-corrected chi connectivity index (χ2v) is 9.99. The van der Waals surface area contributed by atoms with Crippen LogP contribution in [0.25, 0.3) is 21.9 Å². The summed E-state index contributed by atoms with van der Waals surface area (Å²) in [5.41, 5.74) is 4.63. The van der Waals surface area contributed by atoms with Gasteiger partial charge in [0.25, 0.3) is 0 Å². The molecular formula is C32H39F. The predicted molar refractivity (Wildman–Crippen MR) is 141 cm³/mol. The minimum absolute atomic E-state index is 0.0527. The summed E-state index contributed by atoms with van der Waals surface area (Å²) in [6, 6.07) is 19.2. The summed E-state index contributed by atoms with van der Waals surface area (Å²) >= 11 is 0. The third kappa shape index (κ3) is 6.14. The van der Waals surface area contributed by atoms with E-state index in [2.05, 4.69) is 68.5 Å². The van der Waals surface area contributed by atoms with Crippen LogP contribution in [0.3, 0.4) is 0 Å². The summed E-state index contributed by atoms with van der Waals surface area (Å²) in [6.07, 6.45) is 17.0. The quantitative estimate of drug-likeness (QED) is 0.289. The SMILES string of the molecule is C/C=C/CCC1CCC(CCc2ccc(-c3ccc4c(F)c(CCC)ccc4c3)cc2)CC1. The number of aryl methyl sites for hydroxylation is 2. The van der Waals surface area contributed by atoms with Gasteiger partial charge in [0.15, 0.2) is 0 Å². The van der Waals surface area contributed by atoms with Crippen molar-refractivity contribution in [3.8, 4) is 11.1 Å². The molecule has 0 unspecified atom stereocenters. The maximum atomic E-state index is 14.8. The third-order valence-corrected chi connectivity index (χ3v) is 7.63. The first-order valence-electron chi connectivity index (χ1n) is 13.1. The smallest absolute Gasteiger partial charge is 0.134 e. The lowest BCUT2D eigenvalue weighted by molar-refractivity contribution is 0.254. The fourth-order valence-electron chi connectivity index (χ4n) is 5.52. The maximum Gasteiger partial charge on any atom is 0.134 e. The molecule has 0 atom stereocenters. The van der Waals surface area contributed by atoms with Crippen LogP contribution in [0.1, 0.15) is 76.3 Å². The largest absolute Gasteiger partial charge is 0.206 e. The van der Waals surface area contributed by atoms with Gasteiger partial charge in [-0.3, -0.25) is 0 Å². The van der Waals surface area contributed by atoms with Gasteiger partial charge >= 0.3 is 0 Å². The van der Waals surface area contributed by atoms with E-state index in [1.165, 1.54) is 62.5 Å². The number of fused-ring (bicyclic) bond motifs is 1. The van der Waals surface area contributed by atoms with Crippen molar-refractivity contribution in [1.29, 1.82) is 0 Å². The molecule has 0 bridgehead atoms. The molecule has 0 radical (unpaired) electrons. The Hall–Kier alpha value is -2.41. The molecule has 3 aromatic rings. The normalized spacial score (nSPS) is 18.9. The van der Waals surface area contributed by atoms with Crippen molar-refractivity contribution in [2.75, 3.05) is 0 Å². The number of allylic oxidation sites excluding steroid dienone is 2. The molecule has 3 aromatic carbocycles. The lowest BCUT2D eigenvalue weighted by atomic mass is 9.78. The van der Waals surface area contributed by atoms with Crippen LogP contribution in [0.5, 0.6) is 0 Å². The van der Waals surface area contributed by atoms with Crippen LogP contribution in [-0.4, -0.2) is 0 Å². The van der Waals surface area contributed by atoms with E-state index in [0.717, 1.165) is 46.6 Å². The summed E-state index contributed by atoms with van der Waals surface area (Å²) < 4.78 is 14.8. The molecule has 174 valence electrons. The highest BCUT2D eigenvalue weighted by molar-refractivity contribution is 5.88. The van der Waals surface area contributed by atoms with Crippen LogP contribution in [0, 0.1) is 17.7 Å². The van der Waals surface area contributed by atoms with Gasteiger partial charge in [-0.05, 0) is 84.6 Å². The van der Waals surface area contributed by atoms with Gasteiger partial charge in [-0.25, -0.2) is 4.39 Å². The minimum atomic E-state index is -0.0527. The molecule has 1 saturated carbocycles. The van der Waals surface area contributed by atoms with Gasteiger partial charge in [0.1, 0.15) is 5.82 Å². The Labute approximate surface area is 199 Å². The van der Waals surface area contributed by atoms with Crippen LogP contribution in [-0.2, 0) is 12.8 Å². The molecule has 33 heavy (non-hydrogen) atoms. The molecule has 0 aromatic heterocycles. The van der Waals surface area contributed by atoms with Gasteiger partial charge in [-0.1, -0.05) is 99.7 Å². The van der Waals surface area contributed by atoms with E-state index in [-0.39, 0.29) is 5.82 Å². The number of benzene rings is 3. The highest BCUT2D eigenvalue weighted by Gasteiger charge is 2.20. The van der Waals surface area contributed by atoms with Gasteiger partial charge in [0, 0.05) is 5.39 Å². The molecule has 4 rings (SSSR count). The summed E-state index contributed by atoms with van der Waals surface area (Å²) in [5.74, 6) is 1.80. The number of hydrogen-bond donors (Lipinski definition) is 0. The Kier molecular flexibility index (Phi) is 8.37. The van der Waals surface area contributed by atoms with E-state index < -0.39 is 0 Å². The molecule has 1 fully saturated rings. The van der Waals surface area contributed by atoms with Crippen molar-refractivity contribution in [2.45, 2.75) is 78.1 Å². The van der Waals surface area contributed by atoms with E-state index in [1.807, 2.05) is 12.1 Å². The lowest BCUT2D eigenvalue weighted by Gasteiger charge is -2.28. The Bertz CT molecular complexity index is 1050. The maximum absolute atomic E-state index is 14.8. The highest BCUT2D eigenvalue weighted by Crippen LogP contribution is 2.34. The second-order valence-electron chi connectivity index (χ2n) is 9.99. The fourth-order valence-corrected chi connectivity index (χ4v) is 5.52. The number of rotatable bonds is 9. The van der Waals surface area contributed by atoms with E-state index in [0.29, 0.717) is 0 Å². The van der Waals surface area contributed by atoms with Crippen LogP contribution in [0.2, 0.25) is 0 Å². The average Bonchev–Trinajstić information content (AvgIpc) is 2.86. The molecule has 0 N–H and O–H groups in total. The number of hydrogen-bond acceptors (Lipinski definition) is 0. The molecule has 0 heterocycles. The molecule has 0 spiro atoms. The van der Waals surface area contributed by atoms with Gasteiger partial charge in [0.05, 0.1) is 0 Å². The lowest BCUT2D eigenvalue weighted by Crippen LogP contribution is -2.15. The Morgan fingerprint density at radius 1 is 0.818 bits per heavy atom. The first kappa shape index (κ1) is 23.7. The zero-order valence-corrected chi connectivity index (χ0v) is 20.5. The van der Waals surface area contributed by atoms with Crippen LogP contribution in [0.15, 0.2) is 66.7 Å². The van der Waals surface area contributed by atoms with Crippen molar-refractivity contribution in [2.24, 2.45) is 11.8 Å². The van der Waals surface area contributed by atoms with Gasteiger partial charge in [-0.15, -0.1) is 0 Å². The predicted octanol–water partition coefficient (Wildman–Crippen LogP) is 9.69. The van der Waals surface area contributed by atoms with Crippen molar-refractivity contribution in [1.82, 2.24) is 0 Å². The minimum Gasteiger partial charge on any atom is -0.206 e. The molecule has 1 aliphatic rings. The van der Waals surface area contributed by atoms with Crippen molar-refractivity contribution >= 4 is 10.8 Å². The Morgan fingerprint density at radius 2 is 1.52 bits per heavy atom. The Balaban J connectivity index is 1.33. The van der Waals surface area contributed by atoms with E-state index >= 15 is 0 Å². The van der Waals surface area contributed by atoms with E-state index in [1.54, 1.807) is 0 Å². The van der Waals surface area contributed by atoms with E-state index in [9.17, 15) is 4.39 Å². The van der Waals surface area contributed by atoms with Gasteiger partial charge < -0.3 is 0 Å². The second kappa shape index (κ2) is 11.6. The van der Waals surface area contributed by atoms with Crippen molar-refractivity contribution in [3.63, 3.8) is 0 Å². The number of halogens is 1. The summed E-state index contributed by atoms with van der Waals surface area (Å²) in [5, 5.41) is 1.72. The zero-order valence-electron chi connectivity index (χ0n) is 20.5.